The van der Waals surface area contributed by atoms with Gasteiger partial charge < -0.3 is 5.73 Å². The van der Waals surface area contributed by atoms with Gasteiger partial charge in [0.15, 0.2) is 9.84 Å². The van der Waals surface area contributed by atoms with Gasteiger partial charge in [0.25, 0.3) is 0 Å². The fourth-order valence-electron chi connectivity index (χ4n) is 1.49. The number of aryl methyl sites for hydroxylation is 1. The highest BCUT2D eigenvalue weighted by Gasteiger charge is 2.10. The van der Waals surface area contributed by atoms with Crippen molar-refractivity contribution in [1.82, 2.24) is 0 Å². The van der Waals surface area contributed by atoms with Crippen LogP contribution >= 0.6 is 0 Å². The molecule has 1 rings (SSSR count). The number of unbranched alkanes of at least 4 members (excludes halogenated alkanes) is 1. The molecule has 0 saturated heterocycles. The molecule has 0 amide bonds. The lowest BCUT2D eigenvalue weighted by Crippen LogP contribution is -2.13. The summed E-state index contributed by atoms with van der Waals surface area (Å²) in [6.45, 7) is 1.99. The minimum atomic E-state index is -2.91. The van der Waals surface area contributed by atoms with Crippen molar-refractivity contribution in [2.24, 2.45) is 0 Å². The lowest BCUT2D eigenvalue weighted by atomic mass is 10.1. The monoisotopic (exact) mass is 241 g/mol. The summed E-state index contributed by atoms with van der Waals surface area (Å²) >= 11 is 0. The number of benzene rings is 1. The lowest BCUT2D eigenvalue weighted by Gasteiger charge is -2.06. The third-order valence-electron chi connectivity index (χ3n) is 2.55. The van der Waals surface area contributed by atoms with Crippen molar-refractivity contribution in [3.8, 4) is 0 Å². The van der Waals surface area contributed by atoms with E-state index >= 15 is 0 Å². The van der Waals surface area contributed by atoms with E-state index in [1.54, 1.807) is 6.07 Å². The van der Waals surface area contributed by atoms with E-state index in [0.717, 1.165) is 18.4 Å². The zero-order valence-electron chi connectivity index (χ0n) is 9.65. The molecule has 0 aliphatic heterocycles. The van der Waals surface area contributed by atoms with Crippen molar-refractivity contribution in [3.63, 3.8) is 0 Å². The summed E-state index contributed by atoms with van der Waals surface area (Å²) in [5.74, 6) is 0.484. The number of rotatable bonds is 6. The fraction of sp³-hybridized carbons (Fsp3) is 0.500. The Balaban J connectivity index is 2.55. The summed E-state index contributed by atoms with van der Waals surface area (Å²) in [7, 11) is -2.91. The van der Waals surface area contributed by atoms with Gasteiger partial charge in [-0.2, -0.15) is 0 Å². The Bertz CT molecular complexity index is 426. The van der Waals surface area contributed by atoms with Crippen molar-refractivity contribution in [1.29, 1.82) is 0 Å². The van der Waals surface area contributed by atoms with E-state index in [0.29, 0.717) is 12.1 Å². The predicted molar refractivity (Wildman–Crippen MR) is 68.1 cm³/mol. The van der Waals surface area contributed by atoms with E-state index in [4.69, 9.17) is 5.73 Å². The van der Waals surface area contributed by atoms with Crippen molar-refractivity contribution in [3.05, 3.63) is 29.8 Å². The Kier molecular flexibility index (Phi) is 4.80. The molecule has 16 heavy (non-hydrogen) atoms. The van der Waals surface area contributed by atoms with Crippen molar-refractivity contribution < 1.29 is 8.42 Å². The zero-order chi connectivity index (χ0) is 12.0. The molecule has 0 aliphatic carbocycles. The molecule has 0 saturated carbocycles. The predicted octanol–water partition coefficient (Wildman–Crippen LogP) is 2.03. The summed E-state index contributed by atoms with van der Waals surface area (Å²) in [4.78, 5) is 0. The van der Waals surface area contributed by atoms with Gasteiger partial charge in [0.2, 0.25) is 0 Å². The molecule has 0 bridgehead atoms. The highest BCUT2D eigenvalue weighted by Crippen LogP contribution is 2.12. The van der Waals surface area contributed by atoms with Gasteiger partial charge >= 0.3 is 0 Å². The maximum Gasteiger partial charge on any atom is 0.150 e. The largest absolute Gasteiger partial charge is 0.399 e. The molecular formula is C12H19NO2S. The van der Waals surface area contributed by atoms with E-state index in [9.17, 15) is 8.42 Å². The van der Waals surface area contributed by atoms with Crippen LogP contribution < -0.4 is 5.73 Å². The summed E-state index contributed by atoms with van der Waals surface area (Å²) in [6.07, 6.45) is 2.16. The maximum absolute atomic E-state index is 11.6. The van der Waals surface area contributed by atoms with Crippen LogP contribution in [0.1, 0.15) is 25.3 Å². The van der Waals surface area contributed by atoms with Gasteiger partial charge in [0.1, 0.15) is 0 Å². The number of sulfone groups is 1. The minimum absolute atomic E-state index is 0.196. The number of nitrogens with two attached hydrogens (primary N) is 1. The topological polar surface area (TPSA) is 60.2 Å². The highest BCUT2D eigenvalue weighted by atomic mass is 32.2. The molecule has 0 radical (unpaired) electrons. The molecule has 3 nitrogen and oxygen atoms in total. The van der Waals surface area contributed by atoms with Gasteiger partial charge in [-0.1, -0.05) is 31.5 Å². The van der Waals surface area contributed by atoms with Gasteiger partial charge in [0, 0.05) is 5.69 Å². The second-order valence-corrected chi connectivity index (χ2v) is 6.26. The van der Waals surface area contributed by atoms with Gasteiger partial charge in [-0.05, 0) is 24.5 Å². The minimum Gasteiger partial charge on any atom is -0.399 e. The first-order valence-electron chi connectivity index (χ1n) is 5.59. The summed E-state index contributed by atoms with van der Waals surface area (Å²) in [5.41, 5.74) is 7.35. The molecule has 90 valence electrons. The van der Waals surface area contributed by atoms with Crippen LogP contribution in [0.15, 0.2) is 24.3 Å². The molecule has 1 aromatic rings. The van der Waals surface area contributed by atoms with Crippen molar-refractivity contribution in [2.75, 3.05) is 17.2 Å². The first-order chi connectivity index (χ1) is 7.55. The standard InChI is InChI=1S/C12H19NO2S/c1-2-3-9-16(14,15)10-8-11-6-4-5-7-12(11)13/h4-7H,2-3,8-10,13H2,1H3. The molecular weight excluding hydrogens is 222 g/mol. The van der Waals surface area contributed by atoms with Crippen LogP contribution in [0.5, 0.6) is 0 Å². The van der Waals surface area contributed by atoms with Gasteiger partial charge in [-0.3, -0.25) is 0 Å². The Hall–Kier alpha value is -1.03. The molecule has 4 heteroatoms. The molecule has 0 aliphatic rings. The zero-order valence-corrected chi connectivity index (χ0v) is 10.5. The van der Waals surface area contributed by atoms with Crippen LogP contribution in [0, 0.1) is 0 Å². The van der Waals surface area contributed by atoms with Crippen LogP contribution in [-0.4, -0.2) is 19.9 Å². The van der Waals surface area contributed by atoms with Crippen molar-refractivity contribution in [2.45, 2.75) is 26.2 Å². The van der Waals surface area contributed by atoms with Crippen LogP contribution in [0.3, 0.4) is 0 Å². The Morgan fingerprint density at radius 2 is 1.88 bits per heavy atom. The van der Waals surface area contributed by atoms with Crippen LogP contribution in [0.2, 0.25) is 0 Å². The third-order valence-corrected chi connectivity index (χ3v) is 4.28. The van der Waals surface area contributed by atoms with E-state index in [-0.39, 0.29) is 11.5 Å². The Morgan fingerprint density at radius 1 is 1.19 bits per heavy atom. The third kappa shape index (κ3) is 4.23. The highest BCUT2D eigenvalue weighted by molar-refractivity contribution is 7.91. The average molecular weight is 241 g/mol. The van der Waals surface area contributed by atoms with Crippen LogP contribution in [0.4, 0.5) is 5.69 Å². The Labute approximate surface area is 97.6 Å². The Morgan fingerprint density at radius 3 is 2.50 bits per heavy atom. The van der Waals surface area contributed by atoms with Crippen molar-refractivity contribution >= 4 is 15.5 Å². The van der Waals surface area contributed by atoms with E-state index in [1.807, 2.05) is 25.1 Å². The van der Waals surface area contributed by atoms with E-state index in [1.165, 1.54) is 0 Å². The summed E-state index contributed by atoms with van der Waals surface area (Å²) < 4.78 is 23.3. The van der Waals surface area contributed by atoms with Gasteiger partial charge in [-0.15, -0.1) is 0 Å². The molecule has 1 aromatic carbocycles. The molecule has 0 heterocycles. The number of para-hydroxylation sites is 1. The quantitative estimate of drug-likeness (QED) is 0.775. The smallest absolute Gasteiger partial charge is 0.150 e. The van der Waals surface area contributed by atoms with Crippen LogP contribution in [0.25, 0.3) is 0 Å². The normalized spacial score (nSPS) is 11.6. The average Bonchev–Trinajstić information content (AvgIpc) is 2.26. The first kappa shape index (κ1) is 13.0. The molecule has 0 aromatic heterocycles. The van der Waals surface area contributed by atoms with Gasteiger partial charge in [-0.25, -0.2) is 8.42 Å². The first-order valence-corrected chi connectivity index (χ1v) is 7.41. The second kappa shape index (κ2) is 5.89. The molecule has 0 unspecified atom stereocenters. The van der Waals surface area contributed by atoms with Crippen LogP contribution in [-0.2, 0) is 16.3 Å². The fourth-order valence-corrected chi connectivity index (χ4v) is 2.96. The number of anilines is 1. The lowest BCUT2D eigenvalue weighted by molar-refractivity contribution is 0.592. The SMILES string of the molecule is CCCCS(=O)(=O)CCc1ccccc1N. The van der Waals surface area contributed by atoms with Gasteiger partial charge in [0.05, 0.1) is 11.5 Å². The summed E-state index contributed by atoms with van der Waals surface area (Å²) in [6, 6.07) is 7.41. The molecule has 0 atom stereocenters. The number of hydrogen-bond donors (Lipinski definition) is 1. The van der Waals surface area contributed by atoms with E-state index in [2.05, 4.69) is 0 Å². The number of nitrogen functional groups attached to an aromatic ring is 1. The second-order valence-electron chi connectivity index (χ2n) is 3.95. The summed E-state index contributed by atoms with van der Waals surface area (Å²) in [5, 5.41) is 0. The maximum atomic E-state index is 11.6. The molecule has 0 spiro atoms. The number of hydrogen-bond acceptors (Lipinski definition) is 3. The van der Waals surface area contributed by atoms with E-state index < -0.39 is 9.84 Å². The molecule has 0 fully saturated rings. The molecule has 2 N–H and O–H groups in total.